The highest BCUT2D eigenvalue weighted by molar-refractivity contribution is 7.90. The zero-order chi connectivity index (χ0) is 24.3. The molecule has 3 aromatic rings. The minimum Gasteiger partial charge on any atom is -0.350 e. The lowest BCUT2D eigenvalue weighted by Crippen LogP contribution is -2.47. The molecule has 12 heteroatoms. The summed E-state index contributed by atoms with van der Waals surface area (Å²) in [6.07, 6.45) is -2.82. The molecule has 1 atom stereocenters. The van der Waals surface area contributed by atoms with Crippen LogP contribution in [0.5, 0.6) is 0 Å². The summed E-state index contributed by atoms with van der Waals surface area (Å²) >= 11 is 0. The summed E-state index contributed by atoms with van der Waals surface area (Å²) in [7, 11) is 0.372. The van der Waals surface area contributed by atoms with Gasteiger partial charge >= 0.3 is 16.4 Å². The van der Waals surface area contributed by atoms with Crippen molar-refractivity contribution < 1.29 is 26.4 Å². The van der Waals surface area contributed by atoms with Crippen LogP contribution >= 0.6 is 0 Å². The highest BCUT2D eigenvalue weighted by Gasteiger charge is 2.48. The van der Waals surface area contributed by atoms with Gasteiger partial charge in [-0.3, -0.25) is 4.79 Å². The largest absolute Gasteiger partial charge is 0.416 e. The molecule has 0 spiro atoms. The number of fused-ring (bicyclic) bond motifs is 1. The lowest BCUT2D eigenvalue weighted by molar-refractivity contribution is -0.137. The van der Waals surface area contributed by atoms with Crippen LogP contribution in [-0.4, -0.2) is 54.9 Å². The van der Waals surface area contributed by atoms with Crippen molar-refractivity contribution in [3.05, 3.63) is 53.9 Å². The predicted octanol–water partition coefficient (Wildman–Crippen LogP) is 2.93. The minimum atomic E-state index is -4.70. The van der Waals surface area contributed by atoms with E-state index in [2.05, 4.69) is 4.98 Å². The Morgan fingerprint density at radius 2 is 1.85 bits per heavy atom. The first kappa shape index (κ1) is 23.1. The standard InChI is InChI=1S/C21H22F3N5O3S/c1-13-9-15(21(22,23)24)10-19(25-13)29-18(12-27(3)33(29,31)32)20(30)28(4)16-6-5-14-7-8-26(2)17(14)11-16/h5-11,18H,12H2,1-4H3/t18-/m0/s1. The van der Waals surface area contributed by atoms with Gasteiger partial charge < -0.3 is 9.47 Å². The number of alkyl halides is 3. The predicted molar refractivity (Wildman–Crippen MR) is 118 cm³/mol. The number of hydrogen-bond acceptors (Lipinski definition) is 4. The molecule has 2 aromatic heterocycles. The Balaban J connectivity index is 1.76. The minimum absolute atomic E-state index is 0.0155. The maximum Gasteiger partial charge on any atom is 0.416 e. The van der Waals surface area contributed by atoms with Crippen molar-refractivity contribution in [1.82, 2.24) is 13.9 Å². The normalized spacial score (nSPS) is 18.8. The third kappa shape index (κ3) is 3.93. The second-order valence-electron chi connectivity index (χ2n) is 8.02. The van der Waals surface area contributed by atoms with E-state index in [9.17, 15) is 26.4 Å². The van der Waals surface area contributed by atoms with E-state index in [4.69, 9.17) is 0 Å². The summed E-state index contributed by atoms with van der Waals surface area (Å²) in [5.41, 5.74) is 0.339. The van der Waals surface area contributed by atoms with E-state index in [1.807, 2.05) is 29.9 Å². The zero-order valence-corrected chi connectivity index (χ0v) is 19.1. The van der Waals surface area contributed by atoms with Gasteiger partial charge in [0.25, 0.3) is 5.91 Å². The van der Waals surface area contributed by atoms with Gasteiger partial charge in [-0.2, -0.15) is 25.9 Å². The molecule has 0 radical (unpaired) electrons. The Bertz CT molecular complexity index is 1350. The number of carbonyl (C=O) groups excluding carboxylic acids is 1. The zero-order valence-electron chi connectivity index (χ0n) is 18.3. The van der Waals surface area contributed by atoms with E-state index in [-0.39, 0.29) is 12.2 Å². The number of pyridine rings is 1. The molecule has 1 fully saturated rings. The van der Waals surface area contributed by atoms with E-state index in [1.165, 1.54) is 25.9 Å². The van der Waals surface area contributed by atoms with Gasteiger partial charge in [-0.1, -0.05) is 6.07 Å². The van der Waals surface area contributed by atoms with Crippen molar-refractivity contribution in [2.75, 3.05) is 29.8 Å². The number of anilines is 2. The molecule has 1 saturated heterocycles. The molecular formula is C21H22F3N5O3S. The summed E-state index contributed by atoms with van der Waals surface area (Å²) in [5.74, 6) is -1.04. The summed E-state index contributed by atoms with van der Waals surface area (Å²) in [4.78, 5) is 18.7. The third-order valence-corrected chi connectivity index (χ3v) is 7.60. The molecule has 0 aliphatic carbocycles. The lowest BCUT2D eigenvalue weighted by atomic mass is 10.1. The van der Waals surface area contributed by atoms with E-state index < -0.39 is 39.7 Å². The van der Waals surface area contributed by atoms with Gasteiger partial charge in [-0.15, -0.1) is 0 Å². The van der Waals surface area contributed by atoms with E-state index in [1.54, 1.807) is 12.1 Å². The summed E-state index contributed by atoms with van der Waals surface area (Å²) in [6.45, 7) is 1.11. The maximum atomic E-state index is 13.4. The molecule has 0 bridgehead atoms. The van der Waals surface area contributed by atoms with Crippen LogP contribution in [0.2, 0.25) is 0 Å². The van der Waals surface area contributed by atoms with Crippen molar-refractivity contribution >= 4 is 38.5 Å². The molecule has 0 saturated carbocycles. The topological polar surface area (TPSA) is 78.8 Å². The fraction of sp³-hybridized carbons (Fsp3) is 0.333. The van der Waals surface area contributed by atoms with Crippen LogP contribution in [0.3, 0.4) is 0 Å². The quantitative estimate of drug-likeness (QED) is 0.576. The molecule has 8 nitrogen and oxygen atoms in total. The Morgan fingerprint density at radius 1 is 1.15 bits per heavy atom. The molecule has 176 valence electrons. The molecule has 0 N–H and O–H groups in total. The van der Waals surface area contributed by atoms with Gasteiger partial charge in [0.1, 0.15) is 11.9 Å². The fourth-order valence-electron chi connectivity index (χ4n) is 3.92. The van der Waals surface area contributed by atoms with Crippen molar-refractivity contribution in [3.8, 4) is 0 Å². The summed E-state index contributed by atoms with van der Waals surface area (Å²) in [6, 6.07) is 7.46. The molecule has 33 heavy (non-hydrogen) atoms. The molecule has 4 rings (SSSR count). The number of benzene rings is 1. The van der Waals surface area contributed by atoms with Gasteiger partial charge in [0.15, 0.2) is 0 Å². The second kappa shape index (κ2) is 7.73. The van der Waals surface area contributed by atoms with E-state index >= 15 is 0 Å². The third-order valence-electron chi connectivity index (χ3n) is 5.72. The number of likely N-dealkylation sites (N-methyl/N-ethyl adjacent to an activating group) is 2. The Kier molecular flexibility index (Phi) is 5.40. The van der Waals surface area contributed by atoms with Crippen molar-refractivity contribution in [2.45, 2.75) is 19.1 Å². The van der Waals surface area contributed by atoms with Crippen LogP contribution in [0, 0.1) is 6.92 Å². The average molecular weight is 482 g/mol. The Hall–Kier alpha value is -3.12. The van der Waals surface area contributed by atoms with Gasteiger partial charge in [-0.25, -0.2) is 9.29 Å². The maximum absolute atomic E-state index is 13.4. The molecule has 1 aromatic carbocycles. The number of carbonyl (C=O) groups is 1. The first-order chi connectivity index (χ1) is 15.3. The van der Waals surface area contributed by atoms with Crippen molar-refractivity contribution in [2.24, 2.45) is 7.05 Å². The van der Waals surface area contributed by atoms with Crippen LogP contribution in [-0.2, 0) is 28.2 Å². The second-order valence-corrected chi connectivity index (χ2v) is 9.93. The van der Waals surface area contributed by atoms with Gasteiger partial charge in [0.05, 0.1) is 5.56 Å². The monoisotopic (exact) mass is 481 g/mol. The molecule has 1 amide bonds. The number of nitrogens with zero attached hydrogens (tertiary/aromatic N) is 5. The van der Waals surface area contributed by atoms with Gasteiger partial charge in [-0.05, 0) is 42.6 Å². The average Bonchev–Trinajstić information content (AvgIpc) is 3.22. The molecule has 3 heterocycles. The molecule has 1 aliphatic heterocycles. The summed E-state index contributed by atoms with van der Waals surface area (Å²) in [5, 5.41) is 0.968. The first-order valence-electron chi connectivity index (χ1n) is 9.95. The number of halogens is 3. The van der Waals surface area contributed by atoms with Crippen LogP contribution in [0.1, 0.15) is 11.3 Å². The number of hydrogen-bond donors (Lipinski definition) is 0. The summed E-state index contributed by atoms with van der Waals surface area (Å²) < 4.78 is 69.5. The van der Waals surface area contributed by atoms with Crippen molar-refractivity contribution in [1.29, 1.82) is 0 Å². The van der Waals surface area contributed by atoms with Gasteiger partial charge in [0.2, 0.25) is 0 Å². The molecule has 0 unspecified atom stereocenters. The Labute approximate surface area is 189 Å². The van der Waals surface area contributed by atoms with E-state index in [0.29, 0.717) is 16.1 Å². The van der Waals surface area contributed by atoms with Crippen LogP contribution < -0.4 is 9.21 Å². The fourth-order valence-corrected chi connectivity index (χ4v) is 5.36. The highest BCUT2D eigenvalue weighted by Crippen LogP contribution is 2.35. The molecular weight excluding hydrogens is 459 g/mol. The number of aryl methyl sites for hydroxylation is 2. The van der Waals surface area contributed by atoms with Gasteiger partial charge in [0, 0.05) is 50.8 Å². The van der Waals surface area contributed by atoms with E-state index in [0.717, 1.165) is 21.3 Å². The van der Waals surface area contributed by atoms with Crippen LogP contribution in [0.25, 0.3) is 10.9 Å². The number of amides is 1. The SMILES string of the molecule is Cc1cc(C(F)(F)F)cc(N2[C@H](C(=O)N(C)c3ccc4ccn(C)c4c3)CN(C)S2(=O)=O)n1. The molecule has 1 aliphatic rings. The highest BCUT2D eigenvalue weighted by atomic mass is 32.2. The van der Waals surface area contributed by atoms with Crippen LogP contribution in [0.4, 0.5) is 24.7 Å². The smallest absolute Gasteiger partial charge is 0.350 e. The number of rotatable bonds is 3. The van der Waals surface area contributed by atoms with Crippen molar-refractivity contribution in [3.63, 3.8) is 0 Å². The Morgan fingerprint density at radius 3 is 2.52 bits per heavy atom. The van der Waals surface area contributed by atoms with Crippen LogP contribution in [0.15, 0.2) is 42.6 Å². The first-order valence-corrected chi connectivity index (χ1v) is 11.3. The lowest BCUT2D eigenvalue weighted by Gasteiger charge is -2.27. The number of aromatic nitrogens is 2.